The summed E-state index contributed by atoms with van der Waals surface area (Å²) in [5, 5.41) is 0. The number of nitrogens with zero attached hydrogens (tertiary/aromatic N) is 1. The first-order valence-electron chi connectivity index (χ1n) is 6.11. The first kappa shape index (κ1) is 16.0. The van der Waals surface area contributed by atoms with Crippen molar-refractivity contribution in [3.8, 4) is 0 Å². The minimum atomic E-state index is -4.02. The summed E-state index contributed by atoms with van der Waals surface area (Å²) < 4.78 is 30.8. The predicted molar refractivity (Wildman–Crippen MR) is 78.2 cm³/mol. The first-order chi connectivity index (χ1) is 9.52. The third-order valence-corrected chi connectivity index (χ3v) is 4.92. The van der Waals surface area contributed by atoms with Gasteiger partial charge in [0.2, 0.25) is 0 Å². The molecule has 1 aromatic rings. The fourth-order valence-corrected chi connectivity index (χ4v) is 3.95. The third kappa shape index (κ3) is 3.11. The van der Waals surface area contributed by atoms with Crippen molar-refractivity contribution < 1.29 is 22.7 Å². The van der Waals surface area contributed by atoms with Crippen LogP contribution < -0.4 is 0 Å². The maximum absolute atomic E-state index is 12.3. The highest BCUT2D eigenvalue weighted by molar-refractivity contribution is 9.10. The fourth-order valence-electron chi connectivity index (χ4n) is 1.90. The van der Waals surface area contributed by atoms with E-state index in [-0.39, 0.29) is 10.5 Å². The van der Waals surface area contributed by atoms with Crippen LogP contribution in [0.15, 0.2) is 27.6 Å². The van der Waals surface area contributed by atoms with Crippen LogP contribution in [0, 0.1) is 0 Å². The maximum Gasteiger partial charge on any atom is 0.327 e. The van der Waals surface area contributed by atoms with E-state index in [0.29, 0.717) is 8.78 Å². The Morgan fingerprint density at radius 1 is 1.33 bits per heavy atom. The van der Waals surface area contributed by atoms with Gasteiger partial charge in [0.05, 0.1) is 5.56 Å². The lowest BCUT2D eigenvalue weighted by Gasteiger charge is -2.21. The van der Waals surface area contributed by atoms with Crippen molar-refractivity contribution in [3.63, 3.8) is 0 Å². The molecule has 2 rings (SSSR count). The van der Waals surface area contributed by atoms with Gasteiger partial charge in [0.1, 0.15) is 17.0 Å². The van der Waals surface area contributed by atoms with E-state index in [0.717, 1.165) is 0 Å². The van der Waals surface area contributed by atoms with Gasteiger partial charge in [-0.05, 0) is 39.0 Å². The second kappa shape index (κ2) is 5.10. The van der Waals surface area contributed by atoms with Crippen molar-refractivity contribution in [2.24, 2.45) is 0 Å². The largest absolute Gasteiger partial charge is 0.459 e. The Labute approximate surface area is 131 Å². The number of amides is 1. The molecule has 114 valence electrons. The molecule has 0 fully saturated rings. The van der Waals surface area contributed by atoms with E-state index in [4.69, 9.17) is 4.74 Å². The molecule has 21 heavy (non-hydrogen) atoms. The summed E-state index contributed by atoms with van der Waals surface area (Å²) in [6, 6.07) is 4.33. The molecular formula is C13H14BrNO5S. The summed E-state index contributed by atoms with van der Waals surface area (Å²) in [6.45, 7) is 4.36. The zero-order valence-electron chi connectivity index (χ0n) is 11.7. The Hall–Kier alpha value is -1.41. The maximum atomic E-state index is 12.3. The Kier molecular flexibility index (Phi) is 3.88. The number of rotatable bonds is 2. The van der Waals surface area contributed by atoms with Gasteiger partial charge in [-0.15, -0.1) is 0 Å². The van der Waals surface area contributed by atoms with Gasteiger partial charge < -0.3 is 4.74 Å². The Balaban J connectivity index is 2.32. The molecule has 0 N–H and O–H groups in total. The van der Waals surface area contributed by atoms with Crippen molar-refractivity contribution in [2.45, 2.75) is 31.3 Å². The number of carbonyl (C=O) groups excluding carboxylic acids is 2. The van der Waals surface area contributed by atoms with Crippen LogP contribution in [-0.4, -0.2) is 36.7 Å². The molecule has 0 saturated carbocycles. The molecule has 0 radical (unpaired) electrons. The molecule has 0 aliphatic carbocycles. The van der Waals surface area contributed by atoms with Gasteiger partial charge in [0.15, 0.2) is 0 Å². The van der Waals surface area contributed by atoms with Crippen molar-refractivity contribution in [3.05, 3.63) is 28.2 Å². The molecule has 1 aliphatic rings. The summed E-state index contributed by atoms with van der Waals surface area (Å²) in [5.41, 5.74) is -0.693. The van der Waals surface area contributed by atoms with Gasteiger partial charge in [-0.3, -0.25) is 9.59 Å². The second-order valence-electron chi connectivity index (χ2n) is 5.54. The summed E-state index contributed by atoms with van der Waals surface area (Å²) in [7, 11) is -4.02. The summed E-state index contributed by atoms with van der Waals surface area (Å²) >= 11 is 3.16. The average molecular weight is 376 g/mol. The lowest BCUT2D eigenvalue weighted by atomic mass is 10.2. The van der Waals surface area contributed by atoms with E-state index in [9.17, 15) is 18.0 Å². The molecule has 1 heterocycles. The molecule has 0 unspecified atom stereocenters. The highest BCUT2D eigenvalue weighted by atomic mass is 79.9. The van der Waals surface area contributed by atoms with E-state index in [2.05, 4.69) is 15.9 Å². The number of ether oxygens (including phenoxy) is 1. The minimum absolute atomic E-state index is 0.0572. The fraction of sp³-hybridized carbons (Fsp3) is 0.385. The van der Waals surface area contributed by atoms with Gasteiger partial charge in [-0.25, -0.2) is 12.7 Å². The molecule has 0 spiro atoms. The highest BCUT2D eigenvalue weighted by Crippen LogP contribution is 2.32. The van der Waals surface area contributed by atoms with Gasteiger partial charge in [0.25, 0.3) is 15.9 Å². The van der Waals surface area contributed by atoms with Crippen LogP contribution >= 0.6 is 15.9 Å². The number of carbonyl (C=O) groups is 2. The molecule has 8 heteroatoms. The summed E-state index contributed by atoms with van der Waals surface area (Å²) in [5.74, 6) is -1.49. The van der Waals surface area contributed by atoms with E-state index < -0.39 is 34.0 Å². The predicted octanol–water partition coefficient (Wildman–Crippen LogP) is 1.94. The van der Waals surface area contributed by atoms with E-state index >= 15 is 0 Å². The number of halogens is 1. The van der Waals surface area contributed by atoms with Crippen molar-refractivity contribution in [1.82, 2.24) is 4.31 Å². The quantitative estimate of drug-likeness (QED) is 0.737. The number of hydrogen-bond donors (Lipinski definition) is 0. The smallest absolute Gasteiger partial charge is 0.327 e. The molecule has 0 atom stereocenters. The van der Waals surface area contributed by atoms with Crippen LogP contribution in [0.3, 0.4) is 0 Å². The molecule has 6 nitrogen and oxygen atoms in total. The molecule has 0 bridgehead atoms. The molecular weight excluding hydrogens is 362 g/mol. The highest BCUT2D eigenvalue weighted by Gasteiger charge is 2.42. The number of fused-ring (bicyclic) bond motifs is 1. The molecule has 1 amide bonds. The Morgan fingerprint density at radius 2 is 1.95 bits per heavy atom. The number of benzene rings is 1. The van der Waals surface area contributed by atoms with E-state index in [1.807, 2.05) is 0 Å². The molecule has 1 aromatic carbocycles. The molecule has 1 aliphatic heterocycles. The number of hydrogen-bond acceptors (Lipinski definition) is 5. The topological polar surface area (TPSA) is 80.8 Å². The van der Waals surface area contributed by atoms with Crippen LogP contribution in [0.4, 0.5) is 0 Å². The second-order valence-corrected chi connectivity index (χ2v) is 8.29. The zero-order chi connectivity index (χ0) is 16.0. The van der Waals surface area contributed by atoms with Crippen LogP contribution in [0.1, 0.15) is 31.1 Å². The molecule has 0 saturated heterocycles. The van der Waals surface area contributed by atoms with Gasteiger partial charge in [0, 0.05) is 4.47 Å². The summed E-state index contributed by atoms with van der Waals surface area (Å²) in [4.78, 5) is 23.8. The van der Waals surface area contributed by atoms with E-state index in [1.54, 1.807) is 26.8 Å². The Bertz CT molecular complexity index is 721. The number of sulfonamides is 1. The number of esters is 1. The van der Waals surface area contributed by atoms with Crippen molar-refractivity contribution >= 4 is 37.8 Å². The standard InChI is InChI=1S/C13H14BrNO5S/c1-13(2,3)20-11(16)7-15-12(17)9-5-4-8(14)6-10(9)21(15,18)19/h4-6H,7H2,1-3H3. The Morgan fingerprint density at radius 3 is 2.52 bits per heavy atom. The zero-order valence-corrected chi connectivity index (χ0v) is 14.1. The van der Waals surface area contributed by atoms with Crippen LogP contribution in [-0.2, 0) is 19.6 Å². The lowest BCUT2D eigenvalue weighted by Crippen LogP contribution is -2.38. The van der Waals surface area contributed by atoms with Gasteiger partial charge in [-0.2, -0.15) is 0 Å². The van der Waals surface area contributed by atoms with Gasteiger partial charge in [-0.1, -0.05) is 15.9 Å². The normalized spacial score (nSPS) is 16.8. The van der Waals surface area contributed by atoms with Crippen LogP contribution in [0.5, 0.6) is 0 Å². The van der Waals surface area contributed by atoms with Crippen LogP contribution in [0.25, 0.3) is 0 Å². The lowest BCUT2D eigenvalue weighted by molar-refractivity contribution is -0.154. The average Bonchev–Trinajstić information content (AvgIpc) is 2.48. The third-order valence-electron chi connectivity index (χ3n) is 2.66. The SMILES string of the molecule is CC(C)(C)OC(=O)CN1C(=O)c2ccc(Br)cc2S1(=O)=O. The van der Waals surface area contributed by atoms with Gasteiger partial charge >= 0.3 is 5.97 Å². The summed E-state index contributed by atoms with van der Waals surface area (Å²) in [6.07, 6.45) is 0. The van der Waals surface area contributed by atoms with Crippen LogP contribution in [0.2, 0.25) is 0 Å². The monoisotopic (exact) mass is 375 g/mol. The minimum Gasteiger partial charge on any atom is -0.459 e. The molecule has 0 aromatic heterocycles. The first-order valence-corrected chi connectivity index (χ1v) is 8.34. The van der Waals surface area contributed by atoms with Crippen molar-refractivity contribution in [2.75, 3.05) is 6.54 Å². The van der Waals surface area contributed by atoms with Crippen molar-refractivity contribution in [1.29, 1.82) is 0 Å². The van der Waals surface area contributed by atoms with E-state index in [1.165, 1.54) is 12.1 Å².